The molecule has 19 heavy (non-hydrogen) atoms. The third-order valence-corrected chi connectivity index (χ3v) is 3.40. The second kappa shape index (κ2) is 5.50. The fourth-order valence-electron chi connectivity index (χ4n) is 2.47. The van der Waals surface area contributed by atoms with Crippen LogP contribution in [-0.4, -0.2) is 34.7 Å². The summed E-state index contributed by atoms with van der Waals surface area (Å²) in [5.74, 6) is 1.40. The molecule has 1 atom stereocenters. The van der Waals surface area contributed by atoms with E-state index in [1.165, 1.54) is 5.56 Å². The fourth-order valence-corrected chi connectivity index (χ4v) is 2.47. The first kappa shape index (κ1) is 12.3. The SMILES string of the molecule is Cc1nc(CN2CCNC(c3ccccc3)C2)no1. The molecular formula is C14H18N4O. The van der Waals surface area contributed by atoms with Crippen molar-refractivity contribution >= 4 is 0 Å². The van der Waals surface area contributed by atoms with Gasteiger partial charge in [-0.25, -0.2) is 0 Å². The van der Waals surface area contributed by atoms with E-state index in [9.17, 15) is 0 Å². The van der Waals surface area contributed by atoms with E-state index in [4.69, 9.17) is 4.52 Å². The molecule has 1 saturated heterocycles. The molecule has 1 aromatic carbocycles. The minimum absolute atomic E-state index is 0.378. The third kappa shape index (κ3) is 3.00. The first-order valence-electron chi connectivity index (χ1n) is 6.61. The molecule has 2 aromatic rings. The zero-order chi connectivity index (χ0) is 13.1. The van der Waals surface area contributed by atoms with Crippen LogP contribution >= 0.6 is 0 Å². The second-order valence-corrected chi connectivity index (χ2v) is 4.88. The van der Waals surface area contributed by atoms with E-state index < -0.39 is 0 Å². The van der Waals surface area contributed by atoms with Gasteiger partial charge in [0.25, 0.3) is 0 Å². The van der Waals surface area contributed by atoms with Gasteiger partial charge in [-0.3, -0.25) is 4.90 Å². The molecule has 1 aliphatic heterocycles. The second-order valence-electron chi connectivity index (χ2n) is 4.88. The van der Waals surface area contributed by atoms with Crippen LogP contribution in [-0.2, 0) is 6.54 Å². The first-order valence-corrected chi connectivity index (χ1v) is 6.61. The maximum atomic E-state index is 5.01. The molecule has 2 heterocycles. The van der Waals surface area contributed by atoms with Crippen molar-refractivity contribution in [3.8, 4) is 0 Å². The monoisotopic (exact) mass is 258 g/mol. The number of aryl methyl sites for hydroxylation is 1. The van der Waals surface area contributed by atoms with E-state index in [0.717, 1.165) is 32.0 Å². The highest BCUT2D eigenvalue weighted by Crippen LogP contribution is 2.17. The topological polar surface area (TPSA) is 54.2 Å². The normalized spacial score (nSPS) is 20.6. The smallest absolute Gasteiger partial charge is 0.223 e. The maximum absolute atomic E-state index is 5.01. The number of aromatic nitrogens is 2. The quantitative estimate of drug-likeness (QED) is 0.904. The molecule has 1 N–H and O–H groups in total. The van der Waals surface area contributed by atoms with Crippen LogP contribution in [0.25, 0.3) is 0 Å². The average Bonchev–Trinajstić information content (AvgIpc) is 2.85. The summed E-state index contributed by atoms with van der Waals surface area (Å²) < 4.78 is 5.01. The summed E-state index contributed by atoms with van der Waals surface area (Å²) in [6.07, 6.45) is 0. The molecule has 1 fully saturated rings. The van der Waals surface area contributed by atoms with Crippen LogP contribution in [0.1, 0.15) is 23.3 Å². The number of hydrogen-bond acceptors (Lipinski definition) is 5. The molecule has 0 saturated carbocycles. The molecule has 5 nitrogen and oxygen atoms in total. The highest BCUT2D eigenvalue weighted by molar-refractivity contribution is 5.19. The Morgan fingerprint density at radius 1 is 1.37 bits per heavy atom. The van der Waals surface area contributed by atoms with Gasteiger partial charge in [-0.15, -0.1) is 0 Å². The minimum Gasteiger partial charge on any atom is -0.340 e. The van der Waals surface area contributed by atoms with Gasteiger partial charge in [0, 0.05) is 32.6 Å². The molecule has 5 heteroatoms. The summed E-state index contributed by atoms with van der Waals surface area (Å²) >= 11 is 0. The van der Waals surface area contributed by atoms with Gasteiger partial charge in [-0.05, 0) is 5.56 Å². The molecule has 0 amide bonds. The van der Waals surface area contributed by atoms with E-state index in [-0.39, 0.29) is 0 Å². The Morgan fingerprint density at radius 3 is 2.95 bits per heavy atom. The van der Waals surface area contributed by atoms with E-state index in [0.29, 0.717) is 11.9 Å². The van der Waals surface area contributed by atoms with Gasteiger partial charge in [-0.2, -0.15) is 4.98 Å². The van der Waals surface area contributed by atoms with Crippen molar-refractivity contribution in [2.45, 2.75) is 19.5 Å². The molecular weight excluding hydrogens is 240 g/mol. The summed E-state index contributed by atoms with van der Waals surface area (Å²) in [5, 5.41) is 7.51. The van der Waals surface area contributed by atoms with Gasteiger partial charge in [0.15, 0.2) is 5.82 Å². The van der Waals surface area contributed by atoms with Gasteiger partial charge < -0.3 is 9.84 Å². The van der Waals surface area contributed by atoms with E-state index >= 15 is 0 Å². The summed E-state index contributed by atoms with van der Waals surface area (Å²) in [4.78, 5) is 6.62. The van der Waals surface area contributed by atoms with Gasteiger partial charge in [0.05, 0.1) is 6.54 Å². The molecule has 100 valence electrons. The van der Waals surface area contributed by atoms with Crippen molar-refractivity contribution < 1.29 is 4.52 Å². The summed E-state index contributed by atoms with van der Waals surface area (Å²) in [5.41, 5.74) is 1.33. The Labute approximate surface area is 112 Å². The van der Waals surface area contributed by atoms with Crippen LogP contribution < -0.4 is 5.32 Å². The Bertz CT molecular complexity index is 525. The Morgan fingerprint density at radius 2 is 2.21 bits per heavy atom. The highest BCUT2D eigenvalue weighted by atomic mass is 16.5. The number of rotatable bonds is 3. The van der Waals surface area contributed by atoms with Gasteiger partial charge in [0.2, 0.25) is 5.89 Å². The number of nitrogens with zero attached hydrogens (tertiary/aromatic N) is 3. The highest BCUT2D eigenvalue weighted by Gasteiger charge is 2.21. The van der Waals surface area contributed by atoms with Crippen LogP contribution in [0.4, 0.5) is 0 Å². The third-order valence-electron chi connectivity index (χ3n) is 3.40. The van der Waals surface area contributed by atoms with Gasteiger partial charge in [0.1, 0.15) is 0 Å². The summed E-state index contributed by atoms with van der Waals surface area (Å²) in [6.45, 7) is 5.54. The number of hydrogen-bond donors (Lipinski definition) is 1. The van der Waals surface area contributed by atoms with Crippen LogP contribution in [0.15, 0.2) is 34.9 Å². The molecule has 0 bridgehead atoms. The zero-order valence-corrected chi connectivity index (χ0v) is 11.0. The van der Waals surface area contributed by atoms with Crippen molar-refractivity contribution in [3.63, 3.8) is 0 Å². The standard InChI is InChI=1S/C14H18N4O/c1-11-16-14(17-19-11)10-18-8-7-15-13(9-18)12-5-3-2-4-6-12/h2-6,13,15H,7-10H2,1H3. The zero-order valence-electron chi connectivity index (χ0n) is 11.0. The van der Waals surface area contributed by atoms with E-state index in [1.807, 2.05) is 13.0 Å². The maximum Gasteiger partial charge on any atom is 0.223 e. The van der Waals surface area contributed by atoms with Crippen molar-refractivity contribution in [3.05, 3.63) is 47.6 Å². The molecule has 3 rings (SSSR count). The lowest BCUT2D eigenvalue weighted by Gasteiger charge is -2.33. The van der Waals surface area contributed by atoms with E-state index in [1.54, 1.807) is 0 Å². The van der Waals surface area contributed by atoms with Crippen LogP contribution in [0.3, 0.4) is 0 Å². The lowest BCUT2D eigenvalue weighted by Crippen LogP contribution is -2.45. The van der Waals surface area contributed by atoms with Crippen LogP contribution in [0.2, 0.25) is 0 Å². The summed E-state index contributed by atoms with van der Waals surface area (Å²) in [7, 11) is 0. The number of benzene rings is 1. The van der Waals surface area contributed by atoms with Crippen molar-refractivity contribution in [2.75, 3.05) is 19.6 Å². The number of nitrogens with one attached hydrogen (secondary N) is 1. The Balaban J connectivity index is 1.65. The van der Waals surface area contributed by atoms with Gasteiger partial charge in [-0.1, -0.05) is 35.5 Å². The largest absolute Gasteiger partial charge is 0.340 e. The Kier molecular flexibility index (Phi) is 3.57. The van der Waals surface area contributed by atoms with Gasteiger partial charge >= 0.3 is 0 Å². The fraction of sp³-hybridized carbons (Fsp3) is 0.429. The average molecular weight is 258 g/mol. The number of piperazine rings is 1. The van der Waals surface area contributed by atoms with Crippen molar-refractivity contribution in [2.24, 2.45) is 0 Å². The molecule has 1 unspecified atom stereocenters. The predicted molar refractivity (Wildman–Crippen MR) is 71.5 cm³/mol. The van der Waals surface area contributed by atoms with Crippen molar-refractivity contribution in [1.82, 2.24) is 20.4 Å². The molecule has 0 radical (unpaired) electrons. The molecule has 0 aliphatic carbocycles. The first-order chi connectivity index (χ1) is 9.31. The lowest BCUT2D eigenvalue weighted by atomic mass is 10.0. The van der Waals surface area contributed by atoms with Crippen LogP contribution in [0, 0.1) is 6.92 Å². The van der Waals surface area contributed by atoms with Crippen LogP contribution in [0.5, 0.6) is 0 Å². The summed E-state index contributed by atoms with van der Waals surface area (Å²) in [6, 6.07) is 10.9. The van der Waals surface area contributed by atoms with Crippen molar-refractivity contribution in [1.29, 1.82) is 0 Å². The molecule has 1 aliphatic rings. The lowest BCUT2D eigenvalue weighted by molar-refractivity contribution is 0.187. The predicted octanol–water partition coefficient (Wildman–Crippen LogP) is 1.52. The Hall–Kier alpha value is -1.72. The molecule has 0 spiro atoms. The minimum atomic E-state index is 0.378. The van der Waals surface area contributed by atoms with E-state index in [2.05, 4.69) is 44.6 Å². The molecule has 1 aromatic heterocycles.